The van der Waals surface area contributed by atoms with Crippen molar-refractivity contribution >= 4 is 72.6 Å². The molecule has 10 rings (SSSR count). The lowest BCUT2D eigenvalue weighted by Gasteiger charge is -2.37. The molecule has 2 fully saturated rings. The minimum Gasteiger partial charge on any atom is -0.497 e. The van der Waals surface area contributed by atoms with Gasteiger partial charge in [0.05, 0.1) is 64.3 Å². The lowest BCUT2D eigenvalue weighted by atomic mass is 9.80. The number of aromatic amines is 1. The standard InChI is InChI=1S/C56H57FN10O14P2S/c1-33(2)51(68)64-55-63-50-46(53(70)65-55)61-32-67(50)54-47(80-82(71)72)45(57)43(79-54)30-77-83(84,76-27-11-25-58)81-41-28-44(66-26-24-40-48(59-31-60-49(40)66)62-52(69)34-12-7-5-8-13-34)78-42(41)29-75-56(35-14-9-6-10-15-35,36-16-20-38(73-3)21-17-36)37-18-22-39(74-4)23-19-37/h5-10,12-24,26,31-33,41-45,47,54,82H,11,27-30H2,1-4H3,(H,71,72)(H,59,60,62,69)(H2,63,64,65,68,70)/t41-,42+,43+,44+,45+,47+,54+,83?/m0/s1. The number of H-pyrrole nitrogens is 1. The van der Waals surface area contributed by atoms with Crippen molar-refractivity contribution in [1.82, 2.24) is 34.1 Å². The Bertz CT molecular complexity index is 3750. The lowest BCUT2D eigenvalue weighted by molar-refractivity contribution is -0.118. The van der Waals surface area contributed by atoms with Crippen LogP contribution in [0.4, 0.5) is 16.2 Å². The minimum absolute atomic E-state index is 0.0359. The smallest absolute Gasteiger partial charge is 0.327 e. The third kappa shape index (κ3) is 12.7. The van der Waals surface area contributed by atoms with Gasteiger partial charge in [-0.05, 0) is 71.0 Å². The summed E-state index contributed by atoms with van der Waals surface area (Å²) in [7, 11) is -0.705. The number of alkyl halides is 1. The second-order valence-corrected chi connectivity index (χ2v) is 23.3. The average molecular weight is 1210 g/mol. The van der Waals surface area contributed by atoms with Crippen molar-refractivity contribution in [2.75, 3.05) is 44.7 Å². The number of benzene rings is 4. The summed E-state index contributed by atoms with van der Waals surface area (Å²) in [5.41, 5.74) is 0.486. The molecule has 2 amide bonds. The number of halogens is 1. The molecule has 438 valence electrons. The first-order valence-corrected chi connectivity index (χ1v) is 30.2. The van der Waals surface area contributed by atoms with Gasteiger partial charge in [-0.1, -0.05) is 86.6 Å². The van der Waals surface area contributed by atoms with Crippen LogP contribution < -0.4 is 25.7 Å². The monoisotopic (exact) mass is 1210 g/mol. The molecule has 4 N–H and O–H groups in total. The van der Waals surface area contributed by atoms with Gasteiger partial charge in [0, 0.05) is 24.1 Å². The number of imidazole rings is 1. The highest BCUT2D eigenvalue weighted by atomic mass is 32.5. The number of carbonyl (C=O) groups excluding carboxylic acids is 2. The van der Waals surface area contributed by atoms with Gasteiger partial charge in [0.1, 0.15) is 59.4 Å². The number of aromatic nitrogens is 7. The second kappa shape index (κ2) is 26.1. The number of methoxy groups -OCH3 is 2. The third-order valence-corrected chi connectivity index (χ3v) is 16.9. The van der Waals surface area contributed by atoms with E-state index < -0.39 is 87.6 Å². The number of nitrogens with zero attached hydrogens (tertiary/aromatic N) is 7. The van der Waals surface area contributed by atoms with Crippen molar-refractivity contribution in [2.24, 2.45) is 5.92 Å². The van der Waals surface area contributed by atoms with E-state index in [1.807, 2.05) is 84.9 Å². The van der Waals surface area contributed by atoms with Crippen molar-refractivity contribution in [3.63, 3.8) is 0 Å². The fourth-order valence-electron chi connectivity index (χ4n) is 9.85. The van der Waals surface area contributed by atoms with Gasteiger partial charge in [-0.3, -0.25) is 38.3 Å². The molecule has 28 heteroatoms. The predicted molar refractivity (Wildman–Crippen MR) is 307 cm³/mol. The molecule has 0 aliphatic carbocycles. The molecule has 0 bridgehead atoms. The Morgan fingerprint density at radius 2 is 1.55 bits per heavy atom. The molecule has 0 spiro atoms. The van der Waals surface area contributed by atoms with Crippen molar-refractivity contribution in [3.8, 4) is 17.6 Å². The van der Waals surface area contributed by atoms with Gasteiger partial charge >= 0.3 is 15.0 Å². The normalized spacial score (nSPS) is 20.8. The summed E-state index contributed by atoms with van der Waals surface area (Å²) in [6.45, 7) is -2.07. The molecule has 4 aromatic heterocycles. The van der Waals surface area contributed by atoms with Crippen LogP contribution in [-0.4, -0.2) is 115 Å². The van der Waals surface area contributed by atoms with Gasteiger partial charge in [0.2, 0.25) is 11.9 Å². The van der Waals surface area contributed by atoms with Crippen LogP contribution in [0.1, 0.15) is 66.2 Å². The van der Waals surface area contributed by atoms with E-state index in [1.54, 1.807) is 75.2 Å². The van der Waals surface area contributed by atoms with E-state index >= 15 is 4.39 Å². The molecule has 24 nitrogen and oxygen atoms in total. The maximum atomic E-state index is 16.9. The summed E-state index contributed by atoms with van der Waals surface area (Å²) in [5.74, 6) is -0.133. The number of fused-ring (bicyclic) bond motifs is 2. The number of anilines is 2. The quantitative estimate of drug-likeness (QED) is 0.0251. The molecule has 9 atom stereocenters. The van der Waals surface area contributed by atoms with Gasteiger partial charge in [0.15, 0.2) is 23.6 Å². The average Bonchev–Trinajstić information content (AvgIpc) is 2.40. The number of hydrogen-bond donors (Lipinski definition) is 4. The van der Waals surface area contributed by atoms with Crippen LogP contribution in [0.5, 0.6) is 11.5 Å². The zero-order valence-electron chi connectivity index (χ0n) is 45.5. The van der Waals surface area contributed by atoms with E-state index in [4.69, 9.17) is 53.6 Å². The SMILES string of the molecule is COc1ccc(C(OC[C@H]2O[C@@H](n3ccc4c(NC(=O)c5ccccc5)ncnc43)C[C@@H]2OP(=S)(OCCC#N)OC[C@H]2O[C@@H](n3cnc4c(=O)[nH]c(NC(=O)C(C)C)nc43)[C@H](O[PH](=O)O)[C@@H]2F)(c2ccccc2)c2ccc(OC)cc2)cc1. The Kier molecular flexibility index (Phi) is 18.5. The highest BCUT2D eigenvalue weighted by molar-refractivity contribution is 8.07. The molecular weight excluding hydrogens is 1150 g/mol. The number of amides is 2. The molecule has 2 aliphatic heterocycles. The zero-order valence-corrected chi connectivity index (χ0v) is 48.2. The van der Waals surface area contributed by atoms with Gasteiger partial charge in [-0.25, -0.2) is 19.3 Å². The molecule has 2 aliphatic rings. The van der Waals surface area contributed by atoms with Gasteiger partial charge < -0.3 is 52.0 Å². The van der Waals surface area contributed by atoms with Crippen molar-refractivity contribution < 1.29 is 65.2 Å². The van der Waals surface area contributed by atoms with Crippen LogP contribution in [0.15, 0.2) is 139 Å². The summed E-state index contributed by atoms with van der Waals surface area (Å²) >= 11 is 6.13. The van der Waals surface area contributed by atoms with Crippen LogP contribution in [-0.2, 0) is 59.1 Å². The van der Waals surface area contributed by atoms with Crippen molar-refractivity contribution in [3.05, 3.63) is 167 Å². The van der Waals surface area contributed by atoms with Gasteiger partial charge in [-0.15, -0.1) is 0 Å². The van der Waals surface area contributed by atoms with Crippen molar-refractivity contribution in [1.29, 1.82) is 5.26 Å². The first-order chi connectivity index (χ1) is 40.6. The number of hydrogen-bond acceptors (Lipinski definition) is 19. The van der Waals surface area contributed by atoms with E-state index in [-0.39, 0.29) is 54.9 Å². The number of nitrogens with one attached hydrogen (secondary N) is 3. The van der Waals surface area contributed by atoms with Crippen molar-refractivity contribution in [2.45, 2.75) is 75.3 Å². The lowest BCUT2D eigenvalue weighted by Crippen LogP contribution is -2.38. The fourth-order valence-corrected chi connectivity index (χ4v) is 12.5. The maximum absolute atomic E-state index is 16.9. The summed E-state index contributed by atoms with van der Waals surface area (Å²) in [5, 5.41) is 15.5. The Hall–Kier alpha value is -7.63. The van der Waals surface area contributed by atoms with Crippen LogP contribution in [0, 0.1) is 17.2 Å². The maximum Gasteiger partial charge on any atom is 0.327 e. The van der Waals surface area contributed by atoms with E-state index in [0.29, 0.717) is 39.2 Å². The van der Waals surface area contributed by atoms with Crippen LogP contribution in [0.3, 0.4) is 0 Å². The van der Waals surface area contributed by atoms with Crippen LogP contribution >= 0.6 is 15.0 Å². The minimum atomic E-state index is -4.15. The molecule has 6 heterocycles. The molecule has 2 unspecified atom stereocenters. The molecule has 4 aromatic carbocycles. The van der Waals surface area contributed by atoms with E-state index in [1.165, 1.54) is 6.33 Å². The van der Waals surface area contributed by atoms with Gasteiger partial charge in [-0.2, -0.15) is 10.2 Å². The topological polar surface area (TPSA) is 297 Å². The summed E-state index contributed by atoms with van der Waals surface area (Å²) < 4.78 is 88.3. The zero-order chi connectivity index (χ0) is 59.1. The summed E-state index contributed by atoms with van der Waals surface area (Å²) in [6, 6.07) is 36.9. The Labute approximate surface area is 485 Å². The molecular formula is C56H57FN10O14P2S. The summed E-state index contributed by atoms with van der Waals surface area (Å²) in [6.07, 6.45) is -6.11. The van der Waals surface area contributed by atoms with Crippen LogP contribution in [0.2, 0.25) is 0 Å². The molecule has 0 radical (unpaired) electrons. The Morgan fingerprint density at radius 1 is 0.881 bits per heavy atom. The molecule has 84 heavy (non-hydrogen) atoms. The highest BCUT2D eigenvalue weighted by Crippen LogP contribution is 2.55. The fraction of sp³-hybridized carbons (Fsp3) is 0.321. The van der Waals surface area contributed by atoms with E-state index in [2.05, 4.69) is 35.6 Å². The number of nitriles is 1. The highest BCUT2D eigenvalue weighted by Gasteiger charge is 2.50. The second-order valence-electron chi connectivity index (χ2n) is 19.6. The Morgan fingerprint density at radius 3 is 2.19 bits per heavy atom. The summed E-state index contributed by atoms with van der Waals surface area (Å²) in [4.78, 5) is 69.0. The molecule has 8 aromatic rings. The largest absolute Gasteiger partial charge is 0.497 e. The predicted octanol–water partition coefficient (Wildman–Crippen LogP) is 8.28. The number of rotatable bonds is 24. The first kappa shape index (κ1) is 59.5. The van der Waals surface area contributed by atoms with E-state index in [0.717, 1.165) is 16.5 Å². The Balaban J connectivity index is 0.996. The van der Waals surface area contributed by atoms with Crippen LogP contribution in [0.25, 0.3) is 22.2 Å². The van der Waals surface area contributed by atoms with E-state index in [9.17, 15) is 29.1 Å². The number of ether oxygens (including phenoxy) is 5. The first-order valence-electron chi connectivity index (χ1n) is 26.3. The number of carbonyl (C=O) groups is 2. The van der Waals surface area contributed by atoms with Gasteiger partial charge in [0.25, 0.3) is 11.5 Å². The third-order valence-electron chi connectivity index (χ3n) is 14.0. The molecule has 0 saturated carbocycles. The molecule has 2 saturated heterocycles.